The highest BCUT2D eigenvalue weighted by atomic mass is 32.2. The van der Waals surface area contributed by atoms with Crippen molar-refractivity contribution in [3.8, 4) is 0 Å². The summed E-state index contributed by atoms with van der Waals surface area (Å²) in [5.41, 5.74) is -3.39. The van der Waals surface area contributed by atoms with Gasteiger partial charge in [0.15, 0.2) is 0 Å². The summed E-state index contributed by atoms with van der Waals surface area (Å²) in [6.45, 7) is 5.65. The van der Waals surface area contributed by atoms with Gasteiger partial charge in [-0.25, -0.2) is 0 Å². The molecule has 0 amide bonds. The molecule has 96 valence electrons. The molecular formula is C9H10F3NO3S. The molecule has 0 fully saturated rings. The largest absolute Gasteiger partial charge is 0.522 e. The van der Waals surface area contributed by atoms with Crippen LogP contribution in [-0.4, -0.2) is 23.5 Å². The third kappa shape index (κ3) is 5.45. The van der Waals surface area contributed by atoms with Gasteiger partial charge < -0.3 is 0 Å². The third-order valence-corrected chi connectivity index (χ3v) is 2.12. The molecule has 17 heavy (non-hydrogen) atoms. The summed E-state index contributed by atoms with van der Waals surface area (Å²) in [5.74, 6) is 0. The second-order valence-corrected chi connectivity index (χ2v) is 4.24. The van der Waals surface area contributed by atoms with E-state index in [9.17, 15) is 13.2 Å². The molecule has 1 rings (SSSR count). The molecule has 0 aliphatic carbocycles. The molecule has 0 bridgehead atoms. The first kappa shape index (κ1) is 15.6. The maximum absolute atomic E-state index is 10.7. The van der Waals surface area contributed by atoms with E-state index in [1.165, 1.54) is 5.56 Å². The summed E-state index contributed by atoms with van der Waals surface area (Å²) < 4.78 is 57.5. The Bertz CT molecular complexity index is 483. The first-order valence-electron chi connectivity index (χ1n) is 4.17. The second kappa shape index (κ2) is 5.78. The molecule has 1 N–H and O–H groups in total. The van der Waals surface area contributed by atoms with Gasteiger partial charge in [0, 0.05) is 6.20 Å². The fraction of sp³-hybridized carbons (Fsp3) is 0.222. The molecular weight excluding hydrogens is 259 g/mol. The Morgan fingerprint density at radius 1 is 1.47 bits per heavy atom. The fourth-order valence-electron chi connectivity index (χ4n) is 0.712. The zero-order chi connectivity index (χ0) is 13.7. The summed E-state index contributed by atoms with van der Waals surface area (Å²) in [6.07, 6.45) is 3.53. The smallest absolute Gasteiger partial charge is 0.279 e. The van der Waals surface area contributed by atoms with Gasteiger partial charge in [0.1, 0.15) is 0 Å². The highest BCUT2D eigenvalue weighted by Gasteiger charge is 2.44. The molecule has 4 nitrogen and oxygen atoms in total. The first-order chi connectivity index (χ1) is 7.59. The topological polar surface area (TPSA) is 67.3 Å². The van der Waals surface area contributed by atoms with Crippen molar-refractivity contribution in [1.29, 1.82) is 0 Å². The monoisotopic (exact) mass is 269 g/mol. The van der Waals surface area contributed by atoms with E-state index in [-0.39, 0.29) is 0 Å². The number of aromatic nitrogens is 1. The maximum Gasteiger partial charge on any atom is 0.522 e. The van der Waals surface area contributed by atoms with E-state index in [4.69, 9.17) is 13.0 Å². The maximum atomic E-state index is 10.7. The van der Waals surface area contributed by atoms with Crippen LogP contribution in [0.4, 0.5) is 13.2 Å². The molecule has 1 aromatic heterocycles. The van der Waals surface area contributed by atoms with Crippen molar-refractivity contribution < 1.29 is 26.1 Å². The minimum atomic E-state index is -5.84. The number of rotatable bonds is 1. The van der Waals surface area contributed by atoms with Crippen LogP contribution in [0, 0.1) is 6.92 Å². The summed E-state index contributed by atoms with van der Waals surface area (Å²) in [4.78, 5) is 4.08. The number of nitrogens with zero attached hydrogens (tertiary/aromatic N) is 1. The number of hydrogen-bond acceptors (Lipinski definition) is 3. The van der Waals surface area contributed by atoms with Crippen LogP contribution in [0.1, 0.15) is 11.3 Å². The Kier molecular flexibility index (Phi) is 5.30. The molecule has 8 heteroatoms. The molecule has 0 aliphatic heterocycles. The normalized spacial score (nSPS) is 11.4. The van der Waals surface area contributed by atoms with Gasteiger partial charge in [0.2, 0.25) is 0 Å². The number of aryl methyl sites for hydroxylation is 1. The summed E-state index contributed by atoms with van der Waals surface area (Å²) >= 11 is 0. The summed E-state index contributed by atoms with van der Waals surface area (Å²) in [7, 11) is -5.84. The minimum absolute atomic E-state index is 0.970. The van der Waals surface area contributed by atoms with Crippen molar-refractivity contribution in [1.82, 2.24) is 4.98 Å². The highest BCUT2D eigenvalue weighted by molar-refractivity contribution is 7.86. The Hall–Kier alpha value is -1.41. The zero-order valence-electron chi connectivity index (χ0n) is 8.77. The third-order valence-electron chi connectivity index (χ3n) is 1.54. The summed E-state index contributed by atoms with van der Waals surface area (Å²) in [5, 5.41) is 0. The highest BCUT2D eigenvalue weighted by Crippen LogP contribution is 2.20. The van der Waals surface area contributed by atoms with Gasteiger partial charge in [-0.1, -0.05) is 12.6 Å². The van der Waals surface area contributed by atoms with E-state index in [2.05, 4.69) is 11.6 Å². The molecule has 0 aliphatic rings. The van der Waals surface area contributed by atoms with E-state index < -0.39 is 15.6 Å². The Morgan fingerprint density at radius 2 is 1.94 bits per heavy atom. The van der Waals surface area contributed by atoms with Crippen LogP contribution >= 0.6 is 0 Å². The lowest BCUT2D eigenvalue weighted by atomic mass is 10.2. The van der Waals surface area contributed by atoms with E-state index in [1.807, 2.05) is 19.1 Å². The van der Waals surface area contributed by atoms with Gasteiger partial charge in [0.25, 0.3) is 0 Å². The van der Waals surface area contributed by atoms with Crippen molar-refractivity contribution in [2.45, 2.75) is 12.4 Å². The SMILES string of the molecule is C=Cc1ncccc1C.O=S(=O)(O)C(F)(F)F. The average Bonchev–Trinajstić information content (AvgIpc) is 2.16. The van der Waals surface area contributed by atoms with Crippen LogP contribution in [0.3, 0.4) is 0 Å². The van der Waals surface area contributed by atoms with Gasteiger partial charge in [-0.3, -0.25) is 9.54 Å². The van der Waals surface area contributed by atoms with Gasteiger partial charge >= 0.3 is 15.6 Å². The second-order valence-electron chi connectivity index (χ2n) is 2.83. The number of pyridine rings is 1. The fourth-order valence-corrected chi connectivity index (χ4v) is 0.712. The van der Waals surface area contributed by atoms with Crippen molar-refractivity contribution in [3.63, 3.8) is 0 Å². The van der Waals surface area contributed by atoms with E-state index in [0.717, 1.165) is 5.69 Å². The van der Waals surface area contributed by atoms with Crippen LogP contribution in [0.2, 0.25) is 0 Å². The molecule has 0 saturated heterocycles. The Balaban J connectivity index is 0.000000304. The number of alkyl halides is 3. The Labute approximate surface area is 96.6 Å². The molecule has 0 unspecified atom stereocenters. The predicted octanol–water partition coefficient (Wildman–Crippen LogP) is 2.43. The average molecular weight is 269 g/mol. The van der Waals surface area contributed by atoms with Gasteiger partial charge in [-0.05, 0) is 24.6 Å². The predicted molar refractivity (Wildman–Crippen MR) is 56.7 cm³/mol. The van der Waals surface area contributed by atoms with Crippen molar-refractivity contribution in [2.75, 3.05) is 0 Å². The van der Waals surface area contributed by atoms with E-state index in [1.54, 1.807) is 12.3 Å². The van der Waals surface area contributed by atoms with Crippen LogP contribution in [0.5, 0.6) is 0 Å². The molecule has 0 spiro atoms. The van der Waals surface area contributed by atoms with Gasteiger partial charge in [-0.15, -0.1) is 0 Å². The molecule has 1 heterocycles. The van der Waals surface area contributed by atoms with Crippen molar-refractivity contribution in [2.24, 2.45) is 0 Å². The number of hydrogen-bond donors (Lipinski definition) is 1. The Morgan fingerprint density at radius 3 is 2.18 bits per heavy atom. The lowest BCUT2D eigenvalue weighted by Gasteiger charge is -1.97. The standard InChI is InChI=1S/C8H9N.CHF3O3S/c1-3-8-7(2)5-4-6-9-8;2-1(3,4)8(5,6)7/h3-6H,1H2,2H3;(H,5,6,7). The van der Waals surface area contributed by atoms with Crippen LogP contribution < -0.4 is 0 Å². The molecule has 1 aromatic rings. The van der Waals surface area contributed by atoms with Gasteiger partial charge in [0.05, 0.1) is 5.69 Å². The molecule has 0 saturated carbocycles. The van der Waals surface area contributed by atoms with Crippen LogP contribution in [-0.2, 0) is 10.1 Å². The minimum Gasteiger partial charge on any atom is -0.279 e. The van der Waals surface area contributed by atoms with Crippen LogP contribution in [0.15, 0.2) is 24.9 Å². The quantitative estimate of drug-likeness (QED) is 0.628. The molecule has 0 radical (unpaired) electrons. The summed E-state index contributed by atoms with van der Waals surface area (Å²) in [6, 6.07) is 3.94. The molecule has 0 aromatic carbocycles. The zero-order valence-corrected chi connectivity index (χ0v) is 9.59. The van der Waals surface area contributed by atoms with E-state index in [0.29, 0.717) is 0 Å². The lowest BCUT2D eigenvalue weighted by molar-refractivity contribution is -0.0510. The first-order valence-corrected chi connectivity index (χ1v) is 5.61. The van der Waals surface area contributed by atoms with Crippen LogP contribution in [0.25, 0.3) is 6.08 Å². The van der Waals surface area contributed by atoms with Gasteiger partial charge in [-0.2, -0.15) is 21.6 Å². The number of halogens is 3. The van der Waals surface area contributed by atoms with E-state index >= 15 is 0 Å². The van der Waals surface area contributed by atoms with Crippen molar-refractivity contribution in [3.05, 3.63) is 36.2 Å². The lowest BCUT2D eigenvalue weighted by Crippen LogP contribution is -2.21. The van der Waals surface area contributed by atoms with Crippen molar-refractivity contribution >= 4 is 16.2 Å². The molecule has 0 atom stereocenters.